The summed E-state index contributed by atoms with van der Waals surface area (Å²) in [6, 6.07) is 4.34. The van der Waals surface area contributed by atoms with Crippen molar-refractivity contribution in [2.45, 2.75) is 19.8 Å². The molecule has 0 atom stereocenters. The standard InChI is InChI=1S/C12H11ClN2O3S/c1-6(2)10-14-12(19-15-10)18-9-5-7(13)3-4-8(9)11(16)17/h3-6H,1-2H3,(H,16,17). The van der Waals surface area contributed by atoms with Crippen LogP contribution in [0.1, 0.15) is 35.9 Å². The van der Waals surface area contributed by atoms with Gasteiger partial charge in [-0.15, -0.1) is 0 Å². The predicted octanol–water partition coefficient (Wildman–Crippen LogP) is 3.81. The van der Waals surface area contributed by atoms with Crippen LogP contribution in [-0.4, -0.2) is 20.4 Å². The quantitative estimate of drug-likeness (QED) is 0.929. The number of rotatable bonds is 4. The largest absolute Gasteiger partial charge is 0.478 e. The Morgan fingerprint density at radius 3 is 2.79 bits per heavy atom. The smallest absolute Gasteiger partial charge is 0.339 e. The molecule has 0 aliphatic rings. The van der Waals surface area contributed by atoms with Gasteiger partial charge in [0.2, 0.25) is 0 Å². The number of carboxylic acids is 1. The van der Waals surface area contributed by atoms with E-state index in [1.54, 1.807) is 0 Å². The second-order valence-electron chi connectivity index (χ2n) is 4.12. The lowest BCUT2D eigenvalue weighted by molar-refractivity contribution is 0.0694. The van der Waals surface area contributed by atoms with E-state index in [1.807, 2.05) is 13.8 Å². The van der Waals surface area contributed by atoms with Gasteiger partial charge >= 0.3 is 5.97 Å². The molecular formula is C12H11ClN2O3S. The molecule has 19 heavy (non-hydrogen) atoms. The fraction of sp³-hybridized carbons (Fsp3) is 0.250. The van der Waals surface area contributed by atoms with Crippen molar-refractivity contribution >= 4 is 29.1 Å². The Labute approximate surface area is 119 Å². The second-order valence-corrected chi connectivity index (χ2v) is 5.27. The van der Waals surface area contributed by atoms with Gasteiger partial charge in [0, 0.05) is 28.5 Å². The highest BCUT2D eigenvalue weighted by atomic mass is 35.5. The molecule has 0 bridgehead atoms. The van der Waals surface area contributed by atoms with E-state index in [0.717, 1.165) is 11.5 Å². The van der Waals surface area contributed by atoms with Crippen molar-refractivity contribution in [3.05, 3.63) is 34.6 Å². The molecule has 1 heterocycles. The van der Waals surface area contributed by atoms with Crippen molar-refractivity contribution < 1.29 is 14.6 Å². The second kappa shape index (κ2) is 5.54. The van der Waals surface area contributed by atoms with Crippen molar-refractivity contribution in [2.24, 2.45) is 0 Å². The molecule has 0 amide bonds. The minimum absolute atomic E-state index is 0.0331. The van der Waals surface area contributed by atoms with Gasteiger partial charge in [0.15, 0.2) is 0 Å². The molecule has 2 rings (SSSR count). The van der Waals surface area contributed by atoms with Gasteiger partial charge in [0.1, 0.15) is 17.1 Å². The van der Waals surface area contributed by atoms with Crippen LogP contribution in [0.15, 0.2) is 18.2 Å². The van der Waals surface area contributed by atoms with Crippen molar-refractivity contribution in [2.75, 3.05) is 0 Å². The Morgan fingerprint density at radius 1 is 1.47 bits per heavy atom. The summed E-state index contributed by atoms with van der Waals surface area (Å²) in [5, 5.41) is 9.77. The van der Waals surface area contributed by atoms with E-state index in [4.69, 9.17) is 21.4 Å². The van der Waals surface area contributed by atoms with Crippen LogP contribution < -0.4 is 4.74 Å². The summed E-state index contributed by atoms with van der Waals surface area (Å²) >= 11 is 6.92. The van der Waals surface area contributed by atoms with E-state index < -0.39 is 5.97 Å². The molecule has 0 spiro atoms. The minimum atomic E-state index is -1.08. The first-order valence-corrected chi connectivity index (χ1v) is 6.67. The molecule has 0 unspecified atom stereocenters. The average molecular weight is 299 g/mol. The lowest BCUT2D eigenvalue weighted by Crippen LogP contribution is -2.00. The van der Waals surface area contributed by atoms with Crippen molar-refractivity contribution in [3.8, 4) is 10.9 Å². The zero-order chi connectivity index (χ0) is 14.0. The number of hydrogen-bond donors (Lipinski definition) is 1. The number of halogens is 1. The van der Waals surface area contributed by atoms with Gasteiger partial charge < -0.3 is 9.84 Å². The molecule has 2 aromatic rings. The number of carbonyl (C=O) groups is 1. The van der Waals surface area contributed by atoms with Gasteiger partial charge in [-0.05, 0) is 12.1 Å². The van der Waals surface area contributed by atoms with Crippen LogP contribution in [-0.2, 0) is 0 Å². The van der Waals surface area contributed by atoms with Gasteiger partial charge in [-0.3, -0.25) is 0 Å². The summed E-state index contributed by atoms with van der Waals surface area (Å²) in [6.07, 6.45) is 0. The maximum atomic E-state index is 11.1. The monoisotopic (exact) mass is 298 g/mol. The van der Waals surface area contributed by atoms with Gasteiger partial charge in [-0.25, -0.2) is 4.79 Å². The van der Waals surface area contributed by atoms with Gasteiger partial charge in [-0.2, -0.15) is 9.36 Å². The molecule has 0 saturated heterocycles. The summed E-state index contributed by atoms with van der Waals surface area (Å²) in [6.45, 7) is 3.93. The first kappa shape index (κ1) is 13.8. The molecular weight excluding hydrogens is 288 g/mol. The molecule has 5 nitrogen and oxygen atoms in total. The molecule has 7 heteroatoms. The van der Waals surface area contributed by atoms with Crippen LogP contribution in [0, 0.1) is 0 Å². The third-order valence-corrected chi connectivity index (χ3v) is 3.16. The number of nitrogens with zero attached hydrogens (tertiary/aromatic N) is 2. The number of ether oxygens (including phenoxy) is 1. The maximum Gasteiger partial charge on any atom is 0.339 e. The Morgan fingerprint density at radius 2 is 2.21 bits per heavy atom. The van der Waals surface area contributed by atoms with Gasteiger partial charge in [0.25, 0.3) is 5.19 Å². The molecule has 100 valence electrons. The van der Waals surface area contributed by atoms with Gasteiger partial charge in [-0.1, -0.05) is 25.4 Å². The SMILES string of the molecule is CC(C)c1nsc(Oc2cc(Cl)ccc2C(=O)O)n1. The van der Waals surface area contributed by atoms with Crippen LogP contribution in [0.4, 0.5) is 0 Å². The summed E-state index contributed by atoms with van der Waals surface area (Å²) < 4.78 is 9.60. The molecule has 0 radical (unpaired) electrons. The normalized spacial score (nSPS) is 10.7. The molecule has 1 aromatic carbocycles. The lowest BCUT2D eigenvalue weighted by Gasteiger charge is -2.05. The molecule has 0 fully saturated rings. The Kier molecular flexibility index (Phi) is 4.01. The number of carboxylic acid groups (broad SMARTS) is 1. The Hall–Kier alpha value is -1.66. The lowest BCUT2D eigenvalue weighted by atomic mass is 10.2. The van der Waals surface area contributed by atoms with E-state index in [-0.39, 0.29) is 17.2 Å². The molecule has 1 N–H and O–H groups in total. The molecule has 0 aliphatic carbocycles. The summed E-state index contributed by atoms with van der Waals surface area (Å²) in [4.78, 5) is 15.3. The highest BCUT2D eigenvalue weighted by Crippen LogP contribution is 2.30. The predicted molar refractivity (Wildman–Crippen MR) is 72.5 cm³/mol. The van der Waals surface area contributed by atoms with E-state index >= 15 is 0 Å². The zero-order valence-corrected chi connectivity index (χ0v) is 11.8. The van der Waals surface area contributed by atoms with Crippen molar-refractivity contribution in [1.29, 1.82) is 0 Å². The highest BCUT2D eigenvalue weighted by molar-refractivity contribution is 7.07. The van der Waals surface area contributed by atoms with E-state index in [2.05, 4.69) is 9.36 Å². The number of aromatic carboxylic acids is 1. The van der Waals surface area contributed by atoms with Crippen molar-refractivity contribution in [3.63, 3.8) is 0 Å². The van der Waals surface area contributed by atoms with Crippen molar-refractivity contribution in [1.82, 2.24) is 9.36 Å². The number of aromatic nitrogens is 2. The number of benzene rings is 1. The maximum absolute atomic E-state index is 11.1. The summed E-state index contributed by atoms with van der Waals surface area (Å²) in [5.74, 6) is -0.0717. The average Bonchev–Trinajstić information content (AvgIpc) is 2.77. The molecule has 0 aliphatic heterocycles. The van der Waals surface area contributed by atoms with Crippen LogP contribution in [0.2, 0.25) is 5.02 Å². The fourth-order valence-electron chi connectivity index (χ4n) is 1.35. The van der Waals surface area contributed by atoms with E-state index in [1.165, 1.54) is 18.2 Å². The van der Waals surface area contributed by atoms with Crippen LogP contribution in [0.25, 0.3) is 0 Å². The van der Waals surface area contributed by atoms with Crippen LogP contribution in [0.5, 0.6) is 10.9 Å². The Balaban J connectivity index is 2.31. The number of hydrogen-bond acceptors (Lipinski definition) is 5. The Bertz CT molecular complexity index is 613. The van der Waals surface area contributed by atoms with Gasteiger partial charge in [0.05, 0.1) is 0 Å². The third-order valence-electron chi connectivity index (χ3n) is 2.31. The minimum Gasteiger partial charge on any atom is -0.478 e. The van der Waals surface area contributed by atoms with E-state index in [9.17, 15) is 4.79 Å². The van der Waals surface area contributed by atoms with Crippen LogP contribution >= 0.6 is 23.1 Å². The summed E-state index contributed by atoms with van der Waals surface area (Å²) in [5.41, 5.74) is 0.0331. The topological polar surface area (TPSA) is 72.3 Å². The van der Waals surface area contributed by atoms with Crippen LogP contribution in [0.3, 0.4) is 0 Å². The third kappa shape index (κ3) is 3.21. The molecule has 0 saturated carbocycles. The van der Waals surface area contributed by atoms with E-state index in [0.29, 0.717) is 16.0 Å². The molecule has 1 aromatic heterocycles. The first-order chi connectivity index (χ1) is 8.97. The zero-order valence-electron chi connectivity index (χ0n) is 10.3. The highest BCUT2D eigenvalue weighted by Gasteiger charge is 2.15. The first-order valence-electron chi connectivity index (χ1n) is 5.51. The summed E-state index contributed by atoms with van der Waals surface area (Å²) in [7, 11) is 0. The fourth-order valence-corrected chi connectivity index (χ4v) is 2.19.